The first-order valence-corrected chi connectivity index (χ1v) is 1.82. The Morgan fingerprint density at radius 3 is 2.00 bits per heavy atom. The van der Waals surface area contributed by atoms with Crippen molar-refractivity contribution >= 4 is 11.6 Å². The molecule has 0 aliphatic carbocycles. The molecule has 6 heavy (non-hydrogen) atoms. The summed E-state index contributed by atoms with van der Waals surface area (Å²) in [4.78, 5) is 0. The molecule has 0 aromatic heterocycles. The SMILES string of the molecule is [CH2-]CC(O)Cl.[Na+]. The van der Waals surface area contributed by atoms with Gasteiger partial charge in [-0.25, -0.2) is 0 Å². The van der Waals surface area contributed by atoms with Gasteiger partial charge in [0.05, 0.1) is 0 Å². The van der Waals surface area contributed by atoms with Gasteiger partial charge >= 0.3 is 29.6 Å². The van der Waals surface area contributed by atoms with Crippen LogP contribution in [0.2, 0.25) is 0 Å². The predicted molar refractivity (Wildman–Crippen MR) is 21.8 cm³/mol. The van der Waals surface area contributed by atoms with E-state index < -0.39 is 5.56 Å². The van der Waals surface area contributed by atoms with Gasteiger partial charge in [0.15, 0.2) is 0 Å². The number of hydrogen-bond acceptors (Lipinski definition) is 1. The van der Waals surface area contributed by atoms with Gasteiger partial charge in [0.2, 0.25) is 0 Å². The molecule has 1 nitrogen and oxygen atoms in total. The van der Waals surface area contributed by atoms with Gasteiger partial charge in [-0.2, -0.15) is 0 Å². The fourth-order valence-corrected chi connectivity index (χ4v) is 0. The van der Waals surface area contributed by atoms with Crippen molar-refractivity contribution in [3.8, 4) is 0 Å². The van der Waals surface area contributed by atoms with E-state index in [-0.39, 0.29) is 29.6 Å². The average molecular weight is 117 g/mol. The third-order valence-corrected chi connectivity index (χ3v) is 0.456. The Bertz CT molecular complexity index is 24.8. The van der Waals surface area contributed by atoms with Gasteiger partial charge in [0, 0.05) is 0 Å². The first-order valence-electron chi connectivity index (χ1n) is 1.38. The summed E-state index contributed by atoms with van der Waals surface area (Å²) in [5.74, 6) is 0. The summed E-state index contributed by atoms with van der Waals surface area (Å²) >= 11 is 4.96. The topological polar surface area (TPSA) is 20.2 Å². The molecule has 0 aromatic rings. The van der Waals surface area contributed by atoms with E-state index in [1.165, 1.54) is 0 Å². The van der Waals surface area contributed by atoms with E-state index in [0.29, 0.717) is 6.42 Å². The molecule has 0 saturated carbocycles. The van der Waals surface area contributed by atoms with Crippen LogP contribution in [0.25, 0.3) is 0 Å². The van der Waals surface area contributed by atoms with Crippen LogP contribution in [-0.4, -0.2) is 10.7 Å². The maximum atomic E-state index is 8.06. The molecule has 0 radical (unpaired) electrons. The van der Waals surface area contributed by atoms with Gasteiger partial charge in [0.25, 0.3) is 0 Å². The molecule has 0 amide bonds. The molecule has 0 aliphatic heterocycles. The van der Waals surface area contributed by atoms with E-state index in [2.05, 4.69) is 6.92 Å². The standard InChI is InChI=1S/C3H6ClO.Na/c1-2-3(4)5;/h3,5H,1-2H2;/q-1;+1. The number of rotatable bonds is 1. The van der Waals surface area contributed by atoms with Crippen LogP contribution in [-0.2, 0) is 0 Å². The van der Waals surface area contributed by atoms with Crippen molar-refractivity contribution in [2.24, 2.45) is 0 Å². The maximum absolute atomic E-state index is 8.06. The van der Waals surface area contributed by atoms with E-state index in [9.17, 15) is 0 Å². The van der Waals surface area contributed by atoms with Crippen LogP contribution in [0.5, 0.6) is 0 Å². The van der Waals surface area contributed by atoms with Crippen molar-refractivity contribution < 1.29 is 34.7 Å². The van der Waals surface area contributed by atoms with Gasteiger partial charge in [-0.1, -0.05) is 11.6 Å². The molecule has 3 heteroatoms. The van der Waals surface area contributed by atoms with E-state index in [1.54, 1.807) is 0 Å². The van der Waals surface area contributed by atoms with Gasteiger partial charge in [-0.3, -0.25) is 0 Å². The molecule has 0 aromatic carbocycles. The molecule has 1 N–H and O–H groups in total. The van der Waals surface area contributed by atoms with Crippen molar-refractivity contribution in [1.82, 2.24) is 0 Å². The zero-order valence-corrected chi connectivity index (χ0v) is 6.57. The largest absolute Gasteiger partial charge is 1.00 e. The maximum Gasteiger partial charge on any atom is 1.00 e. The zero-order valence-electron chi connectivity index (χ0n) is 3.82. The Balaban J connectivity index is 0. The van der Waals surface area contributed by atoms with Gasteiger partial charge in [0.1, 0.15) is 5.56 Å². The molecule has 0 heterocycles. The molecule has 0 spiro atoms. The van der Waals surface area contributed by atoms with Crippen molar-refractivity contribution in [2.75, 3.05) is 0 Å². The Kier molecular flexibility index (Phi) is 10.7. The molecule has 1 unspecified atom stereocenters. The molecule has 32 valence electrons. The number of halogens is 1. The fourth-order valence-electron chi connectivity index (χ4n) is 0. The van der Waals surface area contributed by atoms with Crippen molar-refractivity contribution in [3.63, 3.8) is 0 Å². The quantitative estimate of drug-likeness (QED) is 0.234. The number of aliphatic hydroxyl groups excluding tert-OH is 1. The van der Waals surface area contributed by atoms with Crippen molar-refractivity contribution in [2.45, 2.75) is 12.0 Å². The van der Waals surface area contributed by atoms with Gasteiger partial charge in [-0.15, -0.1) is 6.42 Å². The van der Waals surface area contributed by atoms with E-state index in [0.717, 1.165) is 0 Å². The molecular weight excluding hydrogens is 110 g/mol. The fraction of sp³-hybridized carbons (Fsp3) is 0.667. The van der Waals surface area contributed by atoms with Crippen LogP contribution >= 0.6 is 11.6 Å². The molecular formula is C3H6ClNaO. The monoisotopic (exact) mass is 116 g/mol. The Hall–Kier alpha value is 1.25. The summed E-state index contributed by atoms with van der Waals surface area (Å²) in [7, 11) is 0. The van der Waals surface area contributed by atoms with E-state index in [4.69, 9.17) is 16.7 Å². The first kappa shape index (κ1) is 10.3. The predicted octanol–water partition coefficient (Wildman–Crippen LogP) is -2.23. The van der Waals surface area contributed by atoms with Crippen LogP contribution < -0.4 is 29.6 Å². The van der Waals surface area contributed by atoms with Crippen LogP contribution in [0.4, 0.5) is 0 Å². The second-order valence-electron chi connectivity index (χ2n) is 0.723. The van der Waals surface area contributed by atoms with Crippen LogP contribution in [0.1, 0.15) is 6.42 Å². The number of aliphatic hydroxyl groups is 1. The Morgan fingerprint density at radius 1 is 1.83 bits per heavy atom. The molecule has 0 fully saturated rings. The third kappa shape index (κ3) is 8.98. The molecule has 0 bridgehead atoms. The summed E-state index contributed by atoms with van der Waals surface area (Å²) in [5, 5.41) is 8.06. The van der Waals surface area contributed by atoms with Crippen LogP contribution in [0.15, 0.2) is 0 Å². The minimum atomic E-state index is -0.755. The average Bonchev–Trinajstić information content (AvgIpc) is 1.38. The first-order chi connectivity index (χ1) is 2.27. The van der Waals surface area contributed by atoms with Crippen molar-refractivity contribution in [1.29, 1.82) is 0 Å². The zero-order chi connectivity index (χ0) is 4.28. The molecule has 1 atom stereocenters. The van der Waals surface area contributed by atoms with Crippen LogP contribution in [0, 0.1) is 6.92 Å². The second kappa shape index (κ2) is 6.25. The Labute approximate surface area is 65.0 Å². The van der Waals surface area contributed by atoms with Crippen LogP contribution in [0.3, 0.4) is 0 Å². The summed E-state index contributed by atoms with van der Waals surface area (Å²) in [6.07, 6.45) is 0.377. The second-order valence-corrected chi connectivity index (χ2v) is 1.23. The summed E-state index contributed by atoms with van der Waals surface area (Å²) in [6, 6.07) is 0. The number of alkyl halides is 1. The van der Waals surface area contributed by atoms with E-state index >= 15 is 0 Å². The Morgan fingerprint density at radius 2 is 2.00 bits per heavy atom. The third-order valence-electron chi connectivity index (χ3n) is 0.238. The summed E-state index contributed by atoms with van der Waals surface area (Å²) in [5.41, 5.74) is -0.755. The van der Waals surface area contributed by atoms with Crippen molar-refractivity contribution in [3.05, 3.63) is 6.92 Å². The smallest absolute Gasteiger partial charge is 0.380 e. The minimum absolute atomic E-state index is 0. The molecule has 0 aliphatic rings. The molecule has 0 rings (SSSR count). The van der Waals surface area contributed by atoms with Gasteiger partial charge in [-0.05, 0) is 0 Å². The molecule has 0 saturated heterocycles. The number of hydrogen-bond donors (Lipinski definition) is 1. The minimum Gasteiger partial charge on any atom is -0.380 e. The summed E-state index contributed by atoms with van der Waals surface area (Å²) < 4.78 is 0. The summed E-state index contributed by atoms with van der Waals surface area (Å²) in [6.45, 7) is 3.30. The van der Waals surface area contributed by atoms with Gasteiger partial charge < -0.3 is 12.0 Å². The normalized spacial score (nSPS) is 12.5. The van der Waals surface area contributed by atoms with E-state index in [1.807, 2.05) is 0 Å².